The number of hydrogen-bond donors (Lipinski definition) is 0. The van der Waals surface area contributed by atoms with Gasteiger partial charge in [0.1, 0.15) is 11.5 Å². The molecule has 6 aromatic rings. The van der Waals surface area contributed by atoms with Crippen LogP contribution in [0.1, 0.15) is 93.9 Å². The van der Waals surface area contributed by atoms with E-state index < -0.39 is 22.7 Å². The van der Waals surface area contributed by atoms with Crippen molar-refractivity contribution < 1.29 is 26.5 Å². The zero-order chi connectivity index (χ0) is 32.3. The molecule has 8 heteroatoms. The smallest absolute Gasteiger partial charge is 0.207 e. The highest BCUT2D eigenvalue weighted by atomic mass is 19.4. The van der Waals surface area contributed by atoms with Crippen LogP contribution in [0.25, 0.3) is 38.9 Å². The molecule has 2 aliphatic rings. The second kappa shape index (κ2) is 9.60. The van der Waals surface area contributed by atoms with Gasteiger partial charge >= 0.3 is 12.0 Å². The number of fused-ring (bicyclic) bond motifs is 7. The van der Waals surface area contributed by atoms with E-state index in [0.29, 0.717) is 35.3 Å². The number of rotatable bonds is 5. The fourth-order valence-electron chi connectivity index (χ4n) is 8.62. The van der Waals surface area contributed by atoms with E-state index >= 15 is 4.39 Å². The van der Waals surface area contributed by atoms with Crippen molar-refractivity contribution in [3.05, 3.63) is 106 Å². The van der Waals surface area contributed by atoms with Crippen LogP contribution < -0.4 is 8.97 Å². The molecule has 0 fully saturated rings. The van der Waals surface area contributed by atoms with Crippen LogP contribution in [0.3, 0.4) is 0 Å². The lowest BCUT2D eigenvalue weighted by molar-refractivity contribution is -0.606. The summed E-state index contributed by atoms with van der Waals surface area (Å²) in [5.74, 6) is 0.267. The first-order valence-corrected chi connectivity index (χ1v) is 16.3. The van der Waals surface area contributed by atoms with Gasteiger partial charge in [0, 0.05) is 40.1 Å². The second-order valence-corrected chi connectivity index (χ2v) is 13.4. The van der Waals surface area contributed by atoms with Gasteiger partial charge in [0.05, 0.1) is 11.6 Å². The zero-order valence-electron chi connectivity index (χ0n) is 26.7. The van der Waals surface area contributed by atoms with Crippen LogP contribution in [0.15, 0.2) is 67.0 Å². The van der Waals surface area contributed by atoms with E-state index in [1.165, 1.54) is 10.1 Å². The summed E-state index contributed by atoms with van der Waals surface area (Å²) in [5, 5.41) is 6.43. The largest absolute Gasteiger partial charge is 0.437 e. The van der Waals surface area contributed by atoms with Gasteiger partial charge in [-0.25, -0.2) is 4.39 Å². The third-order valence-corrected chi connectivity index (χ3v) is 10.9. The minimum absolute atomic E-state index is 0.277. The maximum atomic E-state index is 16.4. The Hall–Kier alpha value is -4.33. The summed E-state index contributed by atoms with van der Waals surface area (Å²) in [5.41, 5.74) is 5.05. The Kier molecular flexibility index (Phi) is 6.07. The lowest BCUT2D eigenvalue weighted by atomic mass is 9.64. The molecule has 8 rings (SSSR count). The van der Waals surface area contributed by atoms with Crippen molar-refractivity contribution in [3.63, 3.8) is 0 Å². The molecule has 0 bridgehead atoms. The predicted molar refractivity (Wildman–Crippen MR) is 170 cm³/mol. The molecular formula is C38H36F4N4+2. The predicted octanol–water partition coefficient (Wildman–Crippen LogP) is 8.73. The van der Waals surface area contributed by atoms with Gasteiger partial charge < -0.3 is 0 Å². The minimum Gasteiger partial charge on any atom is -0.207 e. The molecule has 0 saturated carbocycles. The SMILES string of the molecule is CCCCc1ccc2c3c4[n+](ccc13)-c1c([n+]3ccccc3c3cc(C(F)(F)F)nn13)C(CC)(CC)c1ccc(F)c(c1-4)C2(C)C. The number of alkyl halides is 3. The zero-order valence-corrected chi connectivity index (χ0v) is 26.7. The van der Waals surface area contributed by atoms with Gasteiger partial charge in [0.25, 0.3) is 11.2 Å². The highest BCUT2D eigenvalue weighted by Gasteiger charge is 2.54. The lowest BCUT2D eigenvalue weighted by Gasteiger charge is -2.37. The summed E-state index contributed by atoms with van der Waals surface area (Å²) in [6.45, 7) is 10.6. The molecule has 0 saturated heterocycles. The van der Waals surface area contributed by atoms with Crippen LogP contribution in [-0.4, -0.2) is 9.61 Å². The number of aromatic nitrogens is 4. The van der Waals surface area contributed by atoms with Gasteiger partial charge in [-0.05, 0) is 66.0 Å². The lowest BCUT2D eigenvalue weighted by Crippen LogP contribution is -2.47. The van der Waals surface area contributed by atoms with Gasteiger partial charge in [-0.1, -0.05) is 68.9 Å². The summed E-state index contributed by atoms with van der Waals surface area (Å²) < 4.78 is 65.0. The van der Waals surface area contributed by atoms with E-state index in [0.717, 1.165) is 64.2 Å². The molecule has 46 heavy (non-hydrogen) atoms. The van der Waals surface area contributed by atoms with Crippen LogP contribution >= 0.6 is 0 Å². The Morgan fingerprint density at radius 3 is 2.39 bits per heavy atom. The molecule has 4 aromatic heterocycles. The van der Waals surface area contributed by atoms with Crippen molar-refractivity contribution >= 4 is 21.8 Å². The van der Waals surface area contributed by atoms with Crippen LogP contribution in [0.4, 0.5) is 17.6 Å². The van der Waals surface area contributed by atoms with Gasteiger partial charge in [-0.3, -0.25) is 0 Å². The molecule has 0 radical (unpaired) electrons. The van der Waals surface area contributed by atoms with Crippen LogP contribution in [0.5, 0.6) is 0 Å². The Morgan fingerprint density at radius 1 is 0.913 bits per heavy atom. The van der Waals surface area contributed by atoms with E-state index in [1.807, 2.05) is 45.6 Å². The summed E-state index contributed by atoms with van der Waals surface area (Å²) in [4.78, 5) is 0. The maximum absolute atomic E-state index is 16.4. The Balaban J connectivity index is 1.70. The first kappa shape index (κ1) is 29.1. The number of pyridine rings is 2. The fraction of sp³-hybridized carbons (Fsp3) is 0.342. The first-order valence-electron chi connectivity index (χ1n) is 16.3. The van der Waals surface area contributed by atoms with E-state index in [9.17, 15) is 13.2 Å². The summed E-state index contributed by atoms with van der Waals surface area (Å²) >= 11 is 0. The molecule has 0 unspecified atom stereocenters. The fourth-order valence-corrected chi connectivity index (χ4v) is 8.62. The Bertz CT molecular complexity index is 2260. The first-order chi connectivity index (χ1) is 22.0. The highest BCUT2D eigenvalue weighted by molar-refractivity contribution is 6.03. The number of benzene rings is 2. The van der Waals surface area contributed by atoms with Crippen LogP contribution in [0.2, 0.25) is 0 Å². The van der Waals surface area contributed by atoms with Crippen molar-refractivity contribution in [2.75, 3.05) is 0 Å². The number of hydrogen-bond acceptors (Lipinski definition) is 1. The molecule has 234 valence electrons. The van der Waals surface area contributed by atoms with Gasteiger partial charge in [-0.15, -0.1) is 0 Å². The molecule has 5 heterocycles. The number of aryl methyl sites for hydroxylation is 1. The third kappa shape index (κ3) is 3.53. The molecule has 0 atom stereocenters. The second-order valence-electron chi connectivity index (χ2n) is 13.4. The highest BCUT2D eigenvalue weighted by Crippen LogP contribution is 2.55. The van der Waals surface area contributed by atoms with Crippen molar-refractivity contribution in [3.8, 4) is 17.1 Å². The van der Waals surface area contributed by atoms with E-state index in [1.54, 1.807) is 6.07 Å². The molecular weight excluding hydrogens is 588 g/mol. The van der Waals surface area contributed by atoms with Crippen LogP contribution in [0, 0.1) is 5.82 Å². The summed E-state index contributed by atoms with van der Waals surface area (Å²) in [7, 11) is 0. The van der Waals surface area contributed by atoms with E-state index in [4.69, 9.17) is 0 Å². The summed E-state index contributed by atoms with van der Waals surface area (Å²) in [6, 6.07) is 16.7. The minimum atomic E-state index is -4.63. The van der Waals surface area contributed by atoms with E-state index in [-0.39, 0.29) is 5.82 Å². The average Bonchev–Trinajstić information content (AvgIpc) is 3.46. The molecule has 1 aliphatic carbocycles. The van der Waals surface area contributed by atoms with Crippen LogP contribution in [-0.2, 0) is 23.4 Å². The topological polar surface area (TPSA) is 25.3 Å². The quantitative estimate of drug-likeness (QED) is 0.139. The monoisotopic (exact) mass is 624 g/mol. The summed E-state index contributed by atoms with van der Waals surface area (Å²) in [6.07, 6.45) is 3.56. The van der Waals surface area contributed by atoms with Crippen molar-refractivity contribution in [2.45, 2.75) is 83.7 Å². The van der Waals surface area contributed by atoms with Gasteiger partial charge in [-0.2, -0.15) is 22.1 Å². The van der Waals surface area contributed by atoms with Gasteiger partial charge in [0.15, 0.2) is 11.9 Å². The van der Waals surface area contributed by atoms with E-state index in [2.05, 4.69) is 57.9 Å². The molecule has 4 nitrogen and oxygen atoms in total. The van der Waals surface area contributed by atoms with Crippen molar-refractivity contribution in [1.29, 1.82) is 0 Å². The van der Waals surface area contributed by atoms with Crippen molar-refractivity contribution in [2.24, 2.45) is 0 Å². The molecule has 1 aliphatic heterocycles. The normalized spacial score (nSPS) is 15.8. The molecule has 0 spiro atoms. The van der Waals surface area contributed by atoms with Crippen molar-refractivity contribution in [1.82, 2.24) is 9.61 Å². The Morgan fingerprint density at radius 2 is 1.67 bits per heavy atom. The molecule has 2 aromatic carbocycles. The standard InChI is InChI=1S/C38H36F4N4/c1-6-9-12-22-14-15-24-30-23(22)18-20-45-33(30)31-25(16-17-26(39)32(31)36(24,4)5)37(7-2,8-3)34-35(45)46-28(21-29(43-46)38(40,41)42)27-13-10-11-19-44(27)34/h10-11,13-21H,6-9,12H2,1-5H3/q+2. The number of unbranched alkanes of at least 4 members (excludes halogenated alkanes) is 1. The number of halogens is 4. The maximum Gasteiger partial charge on any atom is 0.437 e. The average molecular weight is 625 g/mol. The molecule has 0 amide bonds. The van der Waals surface area contributed by atoms with Gasteiger partial charge in [0.2, 0.25) is 5.52 Å². The third-order valence-electron chi connectivity index (χ3n) is 10.9. The molecule has 0 N–H and O–H groups in total. The number of nitrogens with zero attached hydrogens (tertiary/aromatic N) is 4. The Labute approximate surface area is 264 Å².